The molecule has 1 aromatic rings. The molecular formula is C35H52O. The van der Waals surface area contributed by atoms with Gasteiger partial charge in [-0.3, -0.25) is 0 Å². The molecule has 0 aromatic heterocycles. The van der Waals surface area contributed by atoms with E-state index in [1.807, 2.05) is 30.3 Å². The van der Waals surface area contributed by atoms with Crippen molar-refractivity contribution in [2.75, 3.05) is 0 Å². The SMILES string of the molecule is CC(C)CCC[C@H](C)[C@@H]1CC[C@@H]2[C@H]3CC[C@H]4C[C@](O)(C#Cc5ccccc5)CC[C@]4(C)[C@@H]3CC[C@]21C. The van der Waals surface area contributed by atoms with Gasteiger partial charge in [-0.2, -0.15) is 0 Å². The monoisotopic (exact) mass is 488 g/mol. The Balaban J connectivity index is 1.27. The van der Waals surface area contributed by atoms with Gasteiger partial charge in [0, 0.05) is 5.56 Å². The highest BCUT2D eigenvalue weighted by molar-refractivity contribution is 5.36. The van der Waals surface area contributed by atoms with E-state index < -0.39 is 5.60 Å². The van der Waals surface area contributed by atoms with Gasteiger partial charge >= 0.3 is 0 Å². The molecule has 1 nitrogen and oxygen atoms in total. The van der Waals surface area contributed by atoms with Crippen molar-refractivity contribution in [1.29, 1.82) is 0 Å². The molecule has 0 radical (unpaired) electrons. The third-order valence-electron chi connectivity index (χ3n) is 12.1. The maximum atomic E-state index is 11.5. The predicted molar refractivity (Wildman–Crippen MR) is 151 cm³/mol. The van der Waals surface area contributed by atoms with Crippen LogP contribution in [-0.4, -0.2) is 10.7 Å². The van der Waals surface area contributed by atoms with Gasteiger partial charge in [-0.1, -0.05) is 83.9 Å². The highest BCUT2D eigenvalue weighted by Crippen LogP contribution is 2.68. The lowest BCUT2D eigenvalue weighted by atomic mass is 9.43. The van der Waals surface area contributed by atoms with Gasteiger partial charge in [0.15, 0.2) is 0 Å². The molecule has 1 heteroatoms. The standard InChI is InChI=1S/C35H52O/c1-25(2)10-9-11-26(3)30-16-17-31-29-15-14-28-24-35(36,21-18-27-12-7-6-8-13-27)23-22-33(28,4)32(29)19-20-34(30,31)5/h6-8,12-13,25-26,28-32,36H,9-11,14-17,19-20,22-24H2,1-5H3/t26-,28-,29+,30-,31+,32+,33-,34-,35-/m0/s1. The Bertz CT molecular complexity index is 954. The second-order valence-corrected chi connectivity index (χ2v) is 14.5. The second kappa shape index (κ2) is 10.1. The van der Waals surface area contributed by atoms with Crippen LogP contribution in [0.1, 0.15) is 117 Å². The smallest absolute Gasteiger partial charge is 0.126 e. The third kappa shape index (κ3) is 4.82. The summed E-state index contributed by atoms with van der Waals surface area (Å²) in [5.74, 6) is 12.6. The third-order valence-corrected chi connectivity index (χ3v) is 12.1. The van der Waals surface area contributed by atoms with Crippen LogP contribution >= 0.6 is 0 Å². The number of fused-ring (bicyclic) bond motifs is 5. The van der Waals surface area contributed by atoms with Gasteiger partial charge in [0.2, 0.25) is 0 Å². The fourth-order valence-corrected chi connectivity index (χ4v) is 10.1. The van der Waals surface area contributed by atoms with Crippen LogP contribution in [-0.2, 0) is 0 Å². The summed E-state index contributed by atoms with van der Waals surface area (Å²) < 4.78 is 0. The van der Waals surface area contributed by atoms with E-state index in [0.29, 0.717) is 16.7 Å². The molecule has 1 aromatic carbocycles. The lowest BCUT2D eigenvalue weighted by molar-refractivity contribution is -0.140. The van der Waals surface area contributed by atoms with Gasteiger partial charge in [0.25, 0.3) is 0 Å². The highest BCUT2D eigenvalue weighted by atomic mass is 16.3. The van der Waals surface area contributed by atoms with Crippen LogP contribution in [0, 0.1) is 64.1 Å². The lowest BCUT2D eigenvalue weighted by Gasteiger charge is -2.62. The second-order valence-electron chi connectivity index (χ2n) is 14.5. The van der Waals surface area contributed by atoms with E-state index in [9.17, 15) is 5.11 Å². The molecule has 1 N–H and O–H groups in total. The Morgan fingerprint density at radius 1 is 0.861 bits per heavy atom. The van der Waals surface area contributed by atoms with Crippen molar-refractivity contribution in [3.8, 4) is 11.8 Å². The predicted octanol–water partition coefficient (Wildman–Crippen LogP) is 8.89. The maximum Gasteiger partial charge on any atom is 0.126 e. The van der Waals surface area contributed by atoms with Gasteiger partial charge in [-0.25, -0.2) is 0 Å². The fourth-order valence-electron chi connectivity index (χ4n) is 10.1. The van der Waals surface area contributed by atoms with Gasteiger partial charge in [0.05, 0.1) is 0 Å². The van der Waals surface area contributed by atoms with Crippen molar-refractivity contribution in [2.45, 2.75) is 117 Å². The first-order valence-corrected chi connectivity index (χ1v) is 15.5. The van der Waals surface area contributed by atoms with Gasteiger partial charge in [-0.05, 0) is 122 Å². The Labute approximate surface area is 222 Å². The van der Waals surface area contributed by atoms with Crippen molar-refractivity contribution in [1.82, 2.24) is 0 Å². The molecule has 0 heterocycles. The summed E-state index contributed by atoms with van der Waals surface area (Å²) in [5, 5.41) is 11.5. The molecule has 0 saturated heterocycles. The van der Waals surface area contributed by atoms with Crippen LogP contribution in [0.25, 0.3) is 0 Å². The van der Waals surface area contributed by atoms with E-state index in [1.165, 1.54) is 57.8 Å². The molecule has 4 aliphatic carbocycles. The van der Waals surface area contributed by atoms with Crippen LogP contribution < -0.4 is 0 Å². The normalized spacial score (nSPS) is 42.6. The lowest BCUT2D eigenvalue weighted by Crippen LogP contribution is -2.55. The zero-order chi connectivity index (χ0) is 25.6. The van der Waals surface area contributed by atoms with Crippen LogP contribution in [0.15, 0.2) is 30.3 Å². The first-order chi connectivity index (χ1) is 17.1. The first-order valence-electron chi connectivity index (χ1n) is 15.5. The van der Waals surface area contributed by atoms with E-state index in [1.54, 1.807) is 0 Å². The number of aliphatic hydroxyl groups is 1. The molecule has 36 heavy (non-hydrogen) atoms. The average molecular weight is 489 g/mol. The van der Waals surface area contributed by atoms with Gasteiger partial charge < -0.3 is 5.11 Å². The molecule has 0 amide bonds. The van der Waals surface area contributed by atoms with Gasteiger partial charge in [-0.15, -0.1) is 0 Å². The minimum Gasteiger partial charge on any atom is -0.378 e. The summed E-state index contributed by atoms with van der Waals surface area (Å²) >= 11 is 0. The molecule has 4 saturated carbocycles. The number of hydrogen-bond donors (Lipinski definition) is 1. The van der Waals surface area contributed by atoms with E-state index >= 15 is 0 Å². The molecule has 198 valence electrons. The molecule has 5 rings (SSSR count). The van der Waals surface area contributed by atoms with E-state index in [0.717, 1.165) is 60.3 Å². The Hall–Kier alpha value is -1.26. The Morgan fingerprint density at radius 2 is 1.61 bits per heavy atom. The molecule has 4 aliphatic rings. The van der Waals surface area contributed by atoms with Crippen molar-refractivity contribution in [3.05, 3.63) is 35.9 Å². The van der Waals surface area contributed by atoms with Crippen molar-refractivity contribution >= 4 is 0 Å². The quantitative estimate of drug-likeness (QED) is 0.410. The van der Waals surface area contributed by atoms with Crippen molar-refractivity contribution in [3.63, 3.8) is 0 Å². The Kier molecular flexibility index (Phi) is 7.42. The van der Waals surface area contributed by atoms with E-state index in [2.05, 4.69) is 46.5 Å². The van der Waals surface area contributed by atoms with Crippen molar-refractivity contribution in [2.24, 2.45) is 52.3 Å². The number of hydrogen-bond acceptors (Lipinski definition) is 1. The van der Waals surface area contributed by atoms with Crippen LogP contribution in [0.5, 0.6) is 0 Å². The largest absolute Gasteiger partial charge is 0.378 e. The topological polar surface area (TPSA) is 20.2 Å². The molecule has 0 aliphatic heterocycles. The molecule has 9 atom stereocenters. The zero-order valence-corrected chi connectivity index (χ0v) is 23.9. The summed E-state index contributed by atoms with van der Waals surface area (Å²) in [4.78, 5) is 0. The summed E-state index contributed by atoms with van der Waals surface area (Å²) in [6, 6.07) is 10.2. The molecule has 4 fully saturated rings. The minimum atomic E-state index is -0.806. The molecule has 0 bridgehead atoms. The summed E-state index contributed by atoms with van der Waals surface area (Å²) in [6.07, 6.45) is 15.6. The minimum absolute atomic E-state index is 0.395. The fraction of sp³-hybridized carbons (Fsp3) is 0.771. The molecule has 0 unspecified atom stereocenters. The highest BCUT2D eigenvalue weighted by Gasteiger charge is 2.61. The summed E-state index contributed by atoms with van der Waals surface area (Å²) in [6.45, 7) is 12.6. The van der Waals surface area contributed by atoms with Gasteiger partial charge in [0.1, 0.15) is 5.60 Å². The Morgan fingerprint density at radius 3 is 2.36 bits per heavy atom. The average Bonchev–Trinajstić information content (AvgIpc) is 3.21. The number of rotatable bonds is 5. The number of benzene rings is 1. The summed E-state index contributed by atoms with van der Waals surface area (Å²) in [5.41, 5.74) is 1.17. The van der Waals surface area contributed by atoms with E-state index in [-0.39, 0.29) is 0 Å². The maximum absolute atomic E-state index is 11.5. The summed E-state index contributed by atoms with van der Waals surface area (Å²) in [7, 11) is 0. The molecule has 0 spiro atoms. The van der Waals surface area contributed by atoms with Crippen LogP contribution in [0.3, 0.4) is 0 Å². The van der Waals surface area contributed by atoms with E-state index in [4.69, 9.17) is 0 Å². The first kappa shape index (κ1) is 26.4. The van der Waals surface area contributed by atoms with Crippen LogP contribution in [0.4, 0.5) is 0 Å². The van der Waals surface area contributed by atoms with Crippen LogP contribution in [0.2, 0.25) is 0 Å². The van der Waals surface area contributed by atoms with Crippen molar-refractivity contribution < 1.29 is 5.11 Å². The molecular weight excluding hydrogens is 436 g/mol. The zero-order valence-electron chi connectivity index (χ0n) is 23.9.